The van der Waals surface area contributed by atoms with E-state index in [2.05, 4.69) is 10.0 Å². The molecular weight excluding hydrogens is 408 g/mol. The van der Waals surface area contributed by atoms with Gasteiger partial charge in [-0.2, -0.15) is 0 Å². The van der Waals surface area contributed by atoms with Crippen molar-refractivity contribution in [2.75, 3.05) is 12.9 Å². The summed E-state index contributed by atoms with van der Waals surface area (Å²) in [5.41, 5.74) is 10.2. The summed E-state index contributed by atoms with van der Waals surface area (Å²) in [4.78, 5) is 29.7. The van der Waals surface area contributed by atoms with Gasteiger partial charge in [-0.05, 0) is 42.3 Å². The maximum atomic E-state index is 13.0. The Morgan fingerprint density at radius 1 is 1.33 bits per heavy atom. The van der Waals surface area contributed by atoms with Crippen molar-refractivity contribution in [3.8, 4) is 5.75 Å². The fraction of sp³-hybridized carbons (Fsp3) is 0.300. The fourth-order valence-electron chi connectivity index (χ4n) is 3.34. The number of carbonyl (C=O) groups excluding carboxylic acids is 2. The Kier molecular flexibility index (Phi) is 5.43. The second kappa shape index (κ2) is 8.17. The van der Waals surface area contributed by atoms with Crippen LogP contribution in [0.15, 0.2) is 51.6 Å². The lowest BCUT2D eigenvalue weighted by molar-refractivity contribution is -0.151. The van der Waals surface area contributed by atoms with E-state index in [-0.39, 0.29) is 12.3 Å². The third-order valence-electron chi connectivity index (χ3n) is 4.88. The molecule has 0 bridgehead atoms. The number of hydrogen-bond acceptors (Lipinski definition) is 7. The first-order valence-corrected chi connectivity index (χ1v) is 10.2. The Morgan fingerprint density at radius 2 is 2.10 bits per heavy atom. The number of hydrogen-bond donors (Lipinski definition) is 0. The number of β-lactam (4-membered cyclic amide) rings is 1. The van der Waals surface area contributed by atoms with E-state index in [1.54, 1.807) is 50.4 Å². The number of carbonyl (C=O) groups is 2. The van der Waals surface area contributed by atoms with E-state index in [4.69, 9.17) is 19.4 Å². The molecule has 4 rings (SSSR count). The molecule has 0 unspecified atom stereocenters. The van der Waals surface area contributed by atoms with Crippen molar-refractivity contribution in [3.05, 3.63) is 69.6 Å². The fourth-order valence-corrected chi connectivity index (χ4v) is 4.67. The van der Waals surface area contributed by atoms with E-state index in [9.17, 15) is 9.59 Å². The van der Waals surface area contributed by atoms with Gasteiger partial charge in [-0.25, -0.2) is 4.79 Å². The van der Waals surface area contributed by atoms with Gasteiger partial charge in [0.2, 0.25) is 5.91 Å². The van der Waals surface area contributed by atoms with Crippen LogP contribution in [-0.4, -0.2) is 41.1 Å². The number of aryl methyl sites for hydroxylation is 1. The number of benzene rings is 1. The van der Waals surface area contributed by atoms with Crippen molar-refractivity contribution < 1.29 is 23.5 Å². The van der Waals surface area contributed by atoms with E-state index >= 15 is 0 Å². The Hall–Kier alpha value is -3.36. The zero-order chi connectivity index (χ0) is 21.3. The molecule has 2 aliphatic heterocycles. The SMILES string of the molecule is COc1ccc(COC(=O)C2=C(c3ccc(C)o3)CS[C@@H]3[C@@H](N=[N+]=[N-])C(=O)N23)cc1. The van der Waals surface area contributed by atoms with E-state index in [0.29, 0.717) is 28.6 Å². The molecule has 1 saturated heterocycles. The van der Waals surface area contributed by atoms with Crippen LogP contribution in [0.25, 0.3) is 16.0 Å². The first kappa shape index (κ1) is 19.9. The highest BCUT2D eigenvalue weighted by Crippen LogP contribution is 2.45. The third-order valence-corrected chi connectivity index (χ3v) is 6.14. The number of thioether (sulfide) groups is 1. The molecule has 9 nitrogen and oxygen atoms in total. The van der Waals surface area contributed by atoms with Crippen LogP contribution in [0.5, 0.6) is 5.75 Å². The molecule has 0 saturated carbocycles. The summed E-state index contributed by atoms with van der Waals surface area (Å²) in [6.45, 7) is 1.84. The molecule has 2 atom stereocenters. The Bertz CT molecular complexity index is 1070. The van der Waals surface area contributed by atoms with Crippen molar-refractivity contribution in [2.24, 2.45) is 5.11 Å². The van der Waals surface area contributed by atoms with Crippen LogP contribution in [0, 0.1) is 6.92 Å². The Balaban J connectivity index is 1.62. The van der Waals surface area contributed by atoms with Crippen molar-refractivity contribution in [1.82, 2.24) is 4.90 Å². The van der Waals surface area contributed by atoms with Crippen LogP contribution in [0.1, 0.15) is 17.1 Å². The molecule has 154 valence electrons. The van der Waals surface area contributed by atoms with Gasteiger partial charge in [0, 0.05) is 16.2 Å². The summed E-state index contributed by atoms with van der Waals surface area (Å²) < 4.78 is 16.3. The topological polar surface area (TPSA) is 118 Å². The second-order valence-electron chi connectivity index (χ2n) is 6.72. The minimum absolute atomic E-state index is 0.0381. The average molecular weight is 426 g/mol. The van der Waals surface area contributed by atoms with Crippen LogP contribution >= 0.6 is 11.8 Å². The smallest absolute Gasteiger partial charge is 0.355 e. The lowest BCUT2D eigenvalue weighted by Crippen LogP contribution is -2.63. The maximum Gasteiger partial charge on any atom is 0.355 e. The van der Waals surface area contributed by atoms with Crippen molar-refractivity contribution in [3.63, 3.8) is 0 Å². The van der Waals surface area contributed by atoms with Gasteiger partial charge in [0.25, 0.3) is 0 Å². The number of methoxy groups -OCH3 is 1. The highest BCUT2D eigenvalue weighted by Gasteiger charge is 2.54. The molecule has 1 fully saturated rings. The minimum Gasteiger partial charge on any atom is -0.497 e. The third kappa shape index (κ3) is 3.51. The normalized spacial score (nSPS) is 20.2. The predicted octanol–water partition coefficient (Wildman–Crippen LogP) is 3.65. The highest BCUT2D eigenvalue weighted by molar-refractivity contribution is 8.00. The largest absolute Gasteiger partial charge is 0.497 e. The van der Waals surface area contributed by atoms with Crippen LogP contribution in [0.3, 0.4) is 0 Å². The van der Waals surface area contributed by atoms with Gasteiger partial charge in [0.1, 0.15) is 41.0 Å². The summed E-state index contributed by atoms with van der Waals surface area (Å²) in [5, 5.41) is 3.13. The van der Waals surface area contributed by atoms with Crippen LogP contribution in [0.2, 0.25) is 0 Å². The monoisotopic (exact) mass is 426 g/mol. The molecule has 0 aliphatic carbocycles. The summed E-state index contributed by atoms with van der Waals surface area (Å²) in [7, 11) is 1.57. The van der Waals surface area contributed by atoms with Gasteiger partial charge in [0.05, 0.1) is 7.11 Å². The molecule has 3 heterocycles. The Morgan fingerprint density at radius 3 is 2.73 bits per heavy atom. The first-order valence-electron chi connectivity index (χ1n) is 9.12. The minimum atomic E-state index is -0.829. The zero-order valence-corrected chi connectivity index (χ0v) is 17.1. The Labute approximate surface area is 176 Å². The van der Waals surface area contributed by atoms with E-state index < -0.39 is 23.3 Å². The zero-order valence-electron chi connectivity index (χ0n) is 16.3. The number of azide groups is 1. The molecule has 1 aromatic carbocycles. The number of esters is 1. The summed E-state index contributed by atoms with van der Waals surface area (Å²) >= 11 is 1.42. The van der Waals surface area contributed by atoms with Gasteiger partial charge < -0.3 is 13.9 Å². The molecule has 30 heavy (non-hydrogen) atoms. The van der Waals surface area contributed by atoms with Gasteiger partial charge in [-0.15, -0.1) is 11.8 Å². The number of nitrogens with zero attached hydrogens (tertiary/aromatic N) is 4. The maximum absolute atomic E-state index is 13.0. The summed E-state index contributed by atoms with van der Waals surface area (Å²) in [6, 6.07) is 9.86. The number of fused-ring (bicyclic) bond motifs is 1. The number of furan rings is 1. The van der Waals surface area contributed by atoms with Crippen molar-refractivity contribution in [2.45, 2.75) is 24.9 Å². The number of ether oxygens (including phenoxy) is 2. The first-order chi connectivity index (χ1) is 14.5. The molecule has 2 aliphatic rings. The molecule has 10 heteroatoms. The van der Waals surface area contributed by atoms with Gasteiger partial charge in [-0.1, -0.05) is 17.2 Å². The number of amides is 1. The lowest BCUT2D eigenvalue weighted by Gasteiger charge is -2.47. The molecule has 0 N–H and O–H groups in total. The summed E-state index contributed by atoms with van der Waals surface area (Å²) in [6.07, 6.45) is 0. The van der Waals surface area contributed by atoms with Crippen LogP contribution < -0.4 is 4.74 Å². The second-order valence-corrected chi connectivity index (χ2v) is 7.83. The quantitative estimate of drug-likeness (QED) is 0.229. The van der Waals surface area contributed by atoms with Gasteiger partial charge >= 0.3 is 5.97 Å². The van der Waals surface area contributed by atoms with Crippen molar-refractivity contribution in [1.29, 1.82) is 0 Å². The molecule has 2 aromatic rings. The summed E-state index contributed by atoms with van der Waals surface area (Å²) in [5.74, 6) is 1.26. The highest BCUT2D eigenvalue weighted by atomic mass is 32.2. The van der Waals surface area contributed by atoms with Gasteiger partial charge in [0.15, 0.2) is 0 Å². The van der Waals surface area contributed by atoms with E-state index in [1.807, 2.05) is 0 Å². The van der Waals surface area contributed by atoms with Crippen LogP contribution in [-0.2, 0) is 20.9 Å². The lowest BCUT2D eigenvalue weighted by atomic mass is 10.0. The van der Waals surface area contributed by atoms with Crippen LogP contribution in [0.4, 0.5) is 0 Å². The molecule has 1 aromatic heterocycles. The standard InChI is InChI=1S/C20H18N4O5S/c1-11-3-8-15(29-11)14-10-30-19-16(22-23-21)18(25)24(19)17(14)20(26)28-9-12-4-6-13(27-2)7-5-12/h3-8,16,19H,9-10H2,1-2H3/t16-,19+/m0/s1. The molecule has 0 spiro atoms. The van der Waals surface area contributed by atoms with Gasteiger partial charge in [-0.3, -0.25) is 9.69 Å². The average Bonchev–Trinajstić information content (AvgIpc) is 3.21. The predicted molar refractivity (Wildman–Crippen MR) is 109 cm³/mol. The molecular formula is C20H18N4O5S. The molecule has 1 amide bonds. The van der Waals surface area contributed by atoms with E-state index in [0.717, 1.165) is 5.56 Å². The van der Waals surface area contributed by atoms with E-state index in [1.165, 1.54) is 16.7 Å². The number of rotatable bonds is 6. The molecule has 0 radical (unpaired) electrons. The van der Waals surface area contributed by atoms with Crippen molar-refractivity contribution >= 4 is 29.2 Å².